The van der Waals surface area contributed by atoms with Crippen LogP contribution < -0.4 is 0 Å². The lowest BCUT2D eigenvalue weighted by molar-refractivity contribution is 0.0268. The third-order valence-electron chi connectivity index (χ3n) is 3.51. The molecule has 1 N–H and O–H groups in total. The number of hydrogen-bond acceptors (Lipinski definition) is 3. The zero-order valence-corrected chi connectivity index (χ0v) is 13.4. The van der Waals surface area contributed by atoms with Gasteiger partial charge in [0.1, 0.15) is 5.60 Å². The zero-order valence-electron chi connectivity index (χ0n) is 12.7. The van der Waals surface area contributed by atoms with Crippen molar-refractivity contribution < 1.29 is 14.6 Å². The summed E-state index contributed by atoms with van der Waals surface area (Å²) >= 11 is 5.95. The molecule has 1 aliphatic rings. The number of aliphatic hydroxyl groups is 1. The summed E-state index contributed by atoms with van der Waals surface area (Å²) in [7, 11) is 0. The number of ether oxygens (including phenoxy) is 1. The Morgan fingerprint density at radius 3 is 2.81 bits per heavy atom. The molecule has 116 valence electrons. The Kier molecular flexibility index (Phi) is 4.79. The van der Waals surface area contributed by atoms with E-state index in [-0.39, 0.29) is 12.0 Å². The van der Waals surface area contributed by atoms with Crippen LogP contribution >= 0.6 is 11.6 Å². The van der Waals surface area contributed by atoms with Crippen molar-refractivity contribution in [2.75, 3.05) is 13.1 Å². The van der Waals surface area contributed by atoms with E-state index in [1.807, 2.05) is 32.9 Å². The minimum absolute atomic E-state index is 0.0102. The molecular weight excluding hydrogens is 290 g/mol. The fraction of sp³-hybridized carbons (Fsp3) is 0.562. The van der Waals surface area contributed by atoms with E-state index in [1.54, 1.807) is 17.0 Å². The van der Waals surface area contributed by atoms with Crippen LogP contribution in [0.1, 0.15) is 38.9 Å². The Morgan fingerprint density at radius 1 is 1.48 bits per heavy atom. The maximum absolute atomic E-state index is 12.0. The Labute approximate surface area is 130 Å². The van der Waals surface area contributed by atoms with Crippen molar-refractivity contribution in [3.8, 4) is 0 Å². The molecule has 0 radical (unpaired) electrons. The summed E-state index contributed by atoms with van der Waals surface area (Å²) in [6.45, 7) is 6.65. The van der Waals surface area contributed by atoms with E-state index in [2.05, 4.69) is 0 Å². The molecule has 1 aromatic carbocycles. The number of likely N-dealkylation sites (tertiary alicyclic amines) is 1. The van der Waals surface area contributed by atoms with E-state index in [1.165, 1.54) is 0 Å². The highest BCUT2D eigenvalue weighted by Gasteiger charge is 2.33. The molecule has 1 fully saturated rings. The van der Waals surface area contributed by atoms with Gasteiger partial charge in [0.2, 0.25) is 0 Å². The van der Waals surface area contributed by atoms with Crippen molar-refractivity contribution in [3.63, 3.8) is 0 Å². The summed E-state index contributed by atoms with van der Waals surface area (Å²) in [6.07, 6.45) is -0.174. The van der Waals surface area contributed by atoms with E-state index in [0.29, 0.717) is 18.1 Å². The van der Waals surface area contributed by atoms with Crippen molar-refractivity contribution in [2.45, 2.75) is 38.9 Å². The molecule has 2 rings (SSSR count). The van der Waals surface area contributed by atoms with Crippen molar-refractivity contribution in [2.24, 2.45) is 5.92 Å². The maximum atomic E-state index is 12.0. The summed E-state index contributed by atoms with van der Waals surface area (Å²) in [5.41, 5.74) is 0.291. The molecule has 0 aliphatic carbocycles. The van der Waals surface area contributed by atoms with Gasteiger partial charge in [0.05, 0.1) is 6.10 Å². The minimum Gasteiger partial charge on any atom is -0.444 e. The first-order valence-electron chi connectivity index (χ1n) is 7.18. The lowest BCUT2D eigenvalue weighted by Gasteiger charge is -2.25. The van der Waals surface area contributed by atoms with Crippen LogP contribution in [0.2, 0.25) is 5.02 Å². The second kappa shape index (κ2) is 6.24. The molecule has 0 bridgehead atoms. The van der Waals surface area contributed by atoms with Crippen molar-refractivity contribution in [1.82, 2.24) is 4.90 Å². The fourth-order valence-corrected chi connectivity index (χ4v) is 2.70. The Bertz CT molecular complexity index is 512. The quantitative estimate of drug-likeness (QED) is 0.907. The van der Waals surface area contributed by atoms with Gasteiger partial charge in [0.15, 0.2) is 0 Å². The van der Waals surface area contributed by atoms with Gasteiger partial charge >= 0.3 is 6.09 Å². The Balaban J connectivity index is 1.97. The molecule has 2 unspecified atom stereocenters. The number of hydrogen-bond donors (Lipinski definition) is 1. The lowest BCUT2D eigenvalue weighted by Crippen LogP contribution is -2.35. The first-order valence-corrected chi connectivity index (χ1v) is 7.55. The molecule has 1 amide bonds. The number of carbonyl (C=O) groups excluding carboxylic acids is 1. The zero-order chi connectivity index (χ0) is 15.6. The standard InChI is InChI=1S/C16H22ClNO3/c1-16(2,3)21-15(20)18-8-7-12(10-18)14(19)11-5-4-6-13(17)9-11/h4-6,9,12,14,19H,7-8,10H2,1-3H3. The molecule has 1 aromatic rings. The number of benzene rings is 1. The molecule has 4 nitrogen and oxygen atoms in total. The van der Waals surface area contributed by atoms with Crippen LogP contribution in [0, 0.1) is 5.92 Å². The van der Waals surface area contributed by atoms with E-state index < -0.39 is 11.7 Å². The second-order valence-electron chi connectivity index (χ2n) is 6.47. The third kappa shape index (κ3) is 4.35. The van der Waals surface area contributed by atoms with Gasteiger partial charge in [-0.15, -0.1) is 0 Å². The topological polar surface area (TPSA) is 49.8 Å². The molecule has 0 saturated carbocycles. The summed E-state index contributed by atoms with van der Waals surface area (Å²) in [4.78, 5) is 13.7. The van der Waals surface area contributed by atoms with Gasteiger partial charge < -0.3 is 14.7 Å². The third-order valence-corrected chi connectivity index (χ3v) is 3.75. The fourth-order valence-electron chi connectivity index (χ4n) is 2.50. The molecule has 1 saturated heterocycles. The molecular formula is C16H22ClNO3. The van der Waals surface area contributed by atoms with Crippen LogP contribution in [-0.2, 0) is 4.74 Å². The van der Waals surface area contributed by atoms with Gasteiger partial charge in [-0.1, -0.05) is 23.7 Å². The largest absolute Gasteiger partial charge is 0.444 e. The number of carbonyl (C=O) groups is 1. The van der Waals surface area contributed by atoms with E-state index >= 15 is 0 Å². The smallest absolute Gasteiger partial charge is 0.410 e. The minimum atomic E-state index is -0.615. The van der Waals surface area contributed by atoms with Gasteiger partial charge in [-0.3, -0.25) is 0 Å². The van der Waals surface area contributed by atoms with Gasteiger partial charge in [-0.05, 0) is 44.9 Å². The van der Waals surface area contributed by atoms with E-state index in [0.717, 1.165) is 12.0 Å². The van der Waals surface area contributed by atoms with Crippen molar-refractivity contribution in [3.05, 3.63) is 34.9 Å². The van der Waals surface area contributed by atoms with E-state index in [9.17, 15) is 9.90 Å². The second-order valence-corrected chi connectivity index (χ2v) is 6.91. The maximum Gasteiger partial charge on any atom is 0.410 e. The van der Waals surface area contributed by atoms with Crippen LogP contribution in [-0.4, -0.2) is 34.8 Å². The normalized spacial score (nSPS) is 20.4. The number of aliphatic hydroxyl groups excluding tert-OH is 1. The first-order chi connectivity index (χ1) is 9.76. The summed E-state index contributed by atoms with van der Waals surface area (Å²) in [5.74, 6) is 0.0102. The summed E-state index contributed by atoms with van der Waals surface area (Å²) in [5, 5.41) is 11.0. The predicted molar refractivity (Wildman–Crippen MR) is 82.3 cm³/mol. The number of rotatable bonds is 2. The van der Waals surface area contributed by atoms with E-state index in [4.69, 9.17) is 16.3 Å². The number of amides is 1. The molecule has 0 aromatic heterocycles. The molecule has 0 spiro atoms. The first kappa shape index (κ1) is 16.1. The van der Waals surface area contributed by atoms with Gasteiger partial charge in [0, 0.05) is 24.0 Å². The highest BCUT2D eigenvalue weighted by Crippen LogP contribution is 2.31. The van der Waals surface area contributed by atoms with Crippen molar-refractivity contribution >= 4 is 17.7 Å². The van der Waals surface area contributed by atoms with Crippen molar-refractivity contribution in [1.29, 1.82) is 0 Å². The molecule has 1 heterocycles. The summed E-state index contributed by atoms with van der Waals surface area (Å²) < 4.78 is 5.36. The number of nitrogens with zero attached hydrogens (tertiary/aromatic N) is 1. The lowest BCUT2D eigenvalue weighted by atomic mass is 9.95. The Morgan fingerprint density at radius 2 is 2.19 bits per heavy atom. The molecule has 1 aliphatic heterocycles. The van der Waals surface area contributed by atoms with Crippen LogP contribution in [0.25, 0.3) is 0 Å². The predicted octanol–water partition coefficient (Wildman–Crippen LogP) is 3.63. The molecule has 5 heteroatoms. The van der Waals surface area contributed by atoms with Crippen LogP contribution in [0.15, 0.2) is 24.3 Å². The highest BCUT2D eigenvalue weighted by atomic mass is 35.5. The van der Waals surface area contributed by atoms with Crippen LogP contribution in [0.3, 0.4) is 0 Å². The van der Waals surface area contributed by atoms with Gasteiger partial charge in [-0.25, -0.2) is 4.79 Å². The molecule has 21 heavy (non-hydrogen) atoms. The van der Waals surface area contributed by atoms with Crippen LogP contribution in [0.5, 0.6) is 0 Å². The summed E-state index contributed by atoms with van der Waals surface area (Å²) in [6, 6.07) is 7.22. The monoisotopic (exact) mass is 311 g/mol. The average molecular weight is 312 g/mol. The highest BCUT2D eigenvalue weighted by molar-refractivity contribution is 6.30. The van der Waals surface area contributed by atoms with Crippen LogP contribution in [0.4, 0.5) is 4.79 Å². The van der Waals surface area contributed by atoms with Gasteiger partial charge in [0.25, 0.3) is 0 Å². The number of halogens is 1. The SMILES string of the molecule is CC(C)(C)OC(=O)N1CCC(C(O)c2cccc(Cl)c2)C1. The van der Waals surface area contributed by atoms with Gasteiger partial charge in [-0.2, -0.15) is 0 Å². The average Bonchev–Trinajstić information content (AvgIpc) is 2.85. The Hall–Kier alpha value is -1.26. The molecule has 2 atom stereocenters.